The molecule has 1 N–H and O–H groups in total. The maximum atomic E-state index is 13.1. The Balaban J connectivity index is 1.43. The molecule has 0 aliphatic carbocycles. The number of nitrogens with one attached hydrogen (secondary N) is 1. The number of amides is 1. The first-order chi connectivity index (χ1) is 12.6. The Kier molecular flexibility index (Phi) is 6.17. The number of benzene rings is 1. The number of likely N-dealkylation sites (N-methyl/N-ethyl adjacent to an activating group) is 1. The highest BCUT2D eigenvalue weighted by molar-refractivity contribution is 5.76. The molecule has 1 fully saturated rings. The molecule has 1 aromatic carbocycles. The summed E-state index contributed by atoms with van der Waals surface area (Å²) in [7, 11) is 2.13. The predicted molar refractivity (Wildman–Crippen MR) is 101 cm³/mol. The number of carbonyl (C=O) groups is 1. The van der Waals surface area contributed by atoms with Crippen LogP contribution in [0, 0.1) is 5.82 Å². The molecule has 6 heteroatoms. The van der Waals surface area contributed by atoms with E-state index in [2.05, 4.69) is 27.1 Å². The van der Waals surface area contributed by atoms with Crippen LogP contribution in [0.5, 0.6) is 0 Å². The van der Waals surface area contributed by atoms with E-state index in [9.17, 15) is 9.18 Å². The fourth-order valence-corrected chi connectivity index (χ4v) is 2.98. The number of aromatic nitrogens is 1. The van der Waals surface area contributed by atoms with Crippen LogP contribution in [0.15, 0.2) is 42.6 Å². The number of pyridine rings is 1. The Bertz CT molecular complexity index is 727. The van der Waals surface area contributed by atoms with Crippen LogP contribution in [0.4, 0.5) is 10.2 Å². The summed E-state index contributed by atoms with van der Waals surface area (Å²) < 4.78 is 13.1. The average molecular weight is 356 g/mol. The van der Waals surface area contributed by atoms with E-state index in [4.69, 9.17) is 0 Å². The molecule has 1 aliphatic rings. The molecule has 0 spiro atoms. The highest BCUT2D eigenvalue weighted by Crippen LogP contribution is 2.13. The van der Waals surface area contributed by atoms with Crippen molar-refractivity contribution in [1.29, 1.82) is 0 Å². The summed E-state index contributed by atoms with van der Waals surface area (Å²) in [6, 6.07) is 10.4. The Morgan fingerprint density at radius 3 is 2.65 bits per heavy atom. The summed E-state index contributed by atoms with van der Waals surface area (Å²) in [6.07, 6.45) is 2.70. The number of hydrogen-bond acceptors (Lipinski definition) is 4. The lowest BCUT2D eigenvalue weighted by Crippen LogP contribution is -2.44. The van der Waals surface area contributed by atoms with Crippen LogP contribution in [0.25, 0.3) is 0 Å². The number of hydrogen-bond donors (Lipinski definition) is 1. The number of piperazine rings is 1. The molecule has 0 radical (unpaired) electrons. The van der Waals surface area contributed by atoms with E-state index in [1.165, 1.54) is 12.1 Å². The van der Waals surface area contributed by atoms with Crippen molar-refractivity contribution in [3.8, 4) is 0 Å². The van der Waals surface area contributed by atoms with Gasteiger partial charge in [0, 0.05) is 45.3 Å². The molecule has 0 atom stereocenters. The maximum Gasteiger partial charge on any atom is 0.220 e. The van der Waals surface area contributed by atoms with Gasteiger partial charge in [-0.25, -0.2) is 9.37 Å². The fraction of sp³-hybridized carbons (Fsp3) is 0.400. The quantitative estimate of drug-likeness (QED) is 0.862. The van der Waals surface area contributed by atoms with Crippen LogP contribution in [-0.2, 0) is 17.8 Å². The van der Waals surface area contributed by atoms with Crippen molar-refractivity contribution in [3.05, 3.63) is 59.5 Å². The van der Waals surface area contributed by atoms with Crippen LogP contribution < -0.4 is 10.2 Å². The SMILES string of the molecule is CN1CCN(c2ccc(CNC(=O)CCc3cccc(F)c3)cn2)CC1. The van der Waals surface area contributed by atoms with E-state index in [0.29, 0.717) is 19.4 Å². The van der Waals surface area contributed by atoms with Gasteiger partial charge in [-0.15, -0.1) is 0 Å². The zero-order valence-electron chi connectivity index (χ0n) is 15.1. The van der Waals surface area contributed by atoms with Gasteiger partial charge in [-0.2, -0.15) is 0 Å². The van der Waals surface area contributed by atoms with E-state index in [1.54, 1.807) is 6.07 Å². The molecule has 1 aliphatic heterocycles. The van der Waals surface area contributed by atoms with Crippen LogP contribution in [-0.4, -0.2) is 49.0 Å². The van der Waals surface area contributed by atoms with Crippen molar-refractivity contribution in [2.45, 2.75) is 19.4 Å². The average Bonchev–Trinajstić information content (AvgIpc) is 2.66. The Morgan fingerprint density at radius 2 is 1.96 bits per heavy atom. The number of nitrogens with zero attached hydrogens (tertiary/aromatic N) is 3. The van der Waals surface area contributed by atoms with Crippen molar-refractivity contribution >= 4 is 11.7 Å². The van der Waals surface area contributed by atoms with E-state index < -0.39 is 0 Å². The third kappa shape index (κ3) is 5.26. The topological polar surface area (TPSA) is 48.5 Å². The van der Waals surface area contributed by atoms with Gasteiger partial charge < -0.3 is 15.1 Å². The first kappa shape index (κ1) is 18.3. The van der Waals surface area contributed by atoms with Gasteiger partial charge in [0.05, 0.1) is 0 Å². The van der Waals surface area contributed by atoms with Crippen molar-refractivity contribution in [2.75, 3.05) is 38.1 Å². The molecule has 0 unspecified atom stereocenters. The second-order valence-corrected chi connectivity index (χ2v) is 6.72. The van der Waals surface area contributed by atoms with Crippen molar-refractivity contribution < 1.29 is 9.18 Å². The molecule has 1 amide bonds. The van der Waals surface area contributed by atoms with Gasteiger partial charge in [0.25, 0.3) is 0 Å². The summed E-state index contributed by atoms with van der Waals surface area (Å²) in [6.45, 7) is 4.52. The molecule has 1 saturated heterocycles. The Morgan fingerprint density at radius 1 is 1.15 bits per heavy atom. The van der Waals surface area contributed by atoms with Gasteiger partial charge >= 0.3 is 0 Å². The van der Waals surface area contributed by atoms with Crippen LogP contribution in [0.2, 0.25) is 0 Å². The van der Waals surface area contributed by atoms with Crippen LogP contribution in [0.3, 0.4) is 0 Å². The largest absolute Gasteiger partial charge is 0.354 e. The van der Waals surface area contributed by atoms with Gasteiger partial charge in [-0.05, 0) is 42.8 Å². The lowest BCUT2D eigenvalue weighted by atomic mass is 10.1. The first-order valence-corrected chi connectivity index (χ1v) is 9.00. The number of rotatable bonds is 6. The van der Waals surface area contributed by atoms with Crippen molar-refractivity contribution in [1.82, 2.24) is 15.2 Å². The smallest absolute Gasteiger partial charge is 0.220 e. The highest BCUT2D eigenvalue weighted by atomic mass is 19.1. The molecule has 5 nitrogen and oxygen atoms in total. The lowest BCUT2D eigenvalue weighted by Gasteiger charge is -2.33. The van der Waals surface area contributed by atoms with Gasteiger partial charge in [0.1, 0.15) is 11.6 Å². The Labute approximate surface area is 153 Å². The molecule has 0 saturated carbocycles. The lowest BCUT2D eigenvalue weighted by molar-refractivity contribution is -0.121. The minimum Gasteiger partial charge on any atom is -0.354 e. The number of aryl methyl sites for hydroxylation is 1. The van der Waals surface area contributed by atoms with E-state index in [0.717, 1.165) is 43.1 Å². The first-order valence-electron chi connectivity index (χ1n) is 9.00. The summed E-state index contributed by atoms with van der Waals surface area (Å²) >= 11 is 0. The minimum atomic E-state index is -0.269. The monoisotopic (exact) mass is 356 g/mol. The zero-order chi connectivity index (χ0) is 18.4. The highest BCUT2D eigenvalue weighted by Gasteiger charge is 2.15. The summed E-state index contributed by atoms with van der Waals surface area (Å²) in [5.41, 5.74) is 1.81. The molecule has 26 heavy (non-hydrogen) atoms. The second-order valence-electron chi connectivity index (χ2n) is 6.72. The third-order valence-electron chi connectivity index (χ3n) is 4.66. The van der Waals surface area contributed by atoms with Gasteiger partial charge in [-0.1, -0.05) is 18.2 Å². The number of carbonyl (C=O) groups excluding carboxylic acids is 1. The molecule has 3 rings (SSSR count). The van der Waals surface area contributed by atoms with Crippen molar-refractivity contribution in [2.24, 2.45) is 0 Å². The van der Waals surface area contributed by atoms with Crippen LogP contribution >= 0.6 is 0 Å². The minimum absolute atomic E-state index is 0.0441. The predicted octanol–water partition coefficient (Wildman–Crippen LogP) is 2.22. The molecule has 2 heterocycles. The molecular formula is C20H25FN4O. The molecule has 1 aromatic heterocycles. The number of anilines is 1. The number of halogens is 1. The molecule has 138 valence electrons. The standard InChI is InChI=1S/C20H25FN4O/c1-24-9-11-25(12-10-24)19-7-5-17(14-22-19)15-23-20(26)8-6-16-3-2-4-18(21)13-16/h2-5,7,13-14H,6,8-12,15H2,1H3,(H,23,26). The van der Waals surface area contributed by atoms with E-state index in [-0.39, 0.29) is 11.7 Å². The second kappa shape index (κ2) is 8.76. The van der Waals surface area contributed by atoms with Crippen molar-refractivity contribution in [3.63, 3.8) is 0 Å². The third-order valence-corrected chi connectivity index (χ3v) is 4.66. The summed E-state index contributed by atoms with van der Waals surface area (Å²) in [4.78, 5) is 21.1. The summed E-state index contributed by atoms with van der Waals surface area (Å²) in [5, 5.41) is 2.90. The van der Waals surface area contributed by atoms with Crippen LogP contribution in [0.1, 0.15) is 17.5 Å². The van der Waals surface area contributed by atoms with Gasteiger partial charge in [0.15, 0.2) is 0 Å². The van der Waals surface area contributed by atoms with E-state index >= 15 is 0 Å². The summed E-state index contributed by atoms with van der Waals surface area (Å²) in [5.74, 6) is 0.672. The maximum absolute atomic E-state index is 13.1. The van der Waals surface area contributed by atoms with Gasteiger partial charge in [0.2, 0.25) is 5.91 Å². The zero-order valence-corrected chi connectivity index (χ0v) is 15.1. The van der Waals surface area contributed by atoms with Gasteiger partial charge in [-0.3, -0.25) is 4.79 Å². The Hall–Kier alpha value is -2.47. The molecule has 0 bridgehead atoms. The fourth-order valence-electron chi connectivity index (χ4n) is 2.98. The van der Waals surface area contributed by atoms with E-state index in [1.807, 2.05) is 24.4 Å². The normalized spacial score (nSPS) is 15.1. The molecular weight excluding hydrogens is 331 g/mol. The molecule has 2 aromatic rings.